The Balaban J connectivity index is 0.000000271. The number of hydrogen-bond donors (Lipinski definition) is 5. The molecule has 9 nitrogen and oxygen atoms in total. The van der Waals surface area contributed by atoms with Crippen LogP contribution in [-0.2, 0) is 10.1 Å². The molecule has 0 aliphatic carbocycles. The van der Waals surface area contributed by atoms with Gasteiger partial charge in [0, 0.05) is 16.6 Å². The summed E-state index contributed by atoms with van der Waals surface area (Å²) in [6, 6.07) is 18.3. The van der Waals surface area contributed by atoms with E-state index in [1.807, 2.05) is 25.1 Å². The minimum Gasteiger partial charge on any atom is -0.398 e. The number of hydrogen-bond acceptors (Lipinski definition) is 5. The number of halogens is 1. The van der Waals surface area contributed by atoms with Crippen molar-refractivity contribution in [1.29, 1.82) is 0 Å². The second-order valence-corrected chi connectivity index (χ2v) is 8.62. The Kier molecular flexibility index (Phi) is 7.29. The smallest absolute Gasteiger partial charge is 0.294 e. The largest absolute Gasteiger partial charge is 0.398 e. The highest BCUT2D eigenvalue weighted by atomic mass is 32.2. The predicted octanol–water partition coefficient (Wildman–Crippen LogP) is 3.21. The molecule has 3 aromatic carbocycles. The fraction of sp³-hybridized carbons (Fsp3) is 0.0435. The number of nitrogen functional groups attached to an aromatic ring is 1. The molecule has 1 heterocycles. The van der Waals surface area contributed by atoms with Gasteiger partial charge in [-0.2, -0.15) is 8.42 Å². The number of hydrazine groups is 1. The summed E-state index contributed by atoms with van der Waals surface area (Å²) < 4.78 is 42.2. The minimum absolute atomic E-state index is 0.0113. The second kappa shape index (κ2) is 10.1. The summed E-state index contributed by atoms with van der Waals surface area (Å²) in [6.45, 7) is 1.96. The van der Waals surface area contributed by atoms with Gasteiger partial charge in [0.25, 0.3) is 21.9 Å². The number of anilines is 1. The van der Waals surface area contributed by atoms with Crippen LogP contribution in [0.25, 0.3) is 10.9 Å². The Bertz CT molecular complexity index is 1450. The van der Waals surface area contributed by atoms with Crippen LogP contribution in [0.3, 0.4) is 0 Å². The molecule has 0 radical (unpaired) electrons. The van der Waals surface area contributed by atoms with Gasteiger partial charge in [-0.15, -0.1) is 0 Å². The zero-order chi connectivity index (χ0) is 24.9. The number of nitrogens with one attached hydrogen (secondary N) is 3. The van der Waals surface area contributed by atoms with E-state index < -0.39 is 27.7 Å². The van der Waals surface area contributed by atoms with E-state index in [9.17, 15) is 22.4 Å². The number of benzene rings is 3. The maximum absolute atomic E-state index is 13.0. The number of fused-ring (bicyclic) bond motifs is 1. The maximum atomic E-state index is 13.0. The van der Waals surface area contributed by atoms with E-state index in [2.05, 4.69) is 15.8 Å². The fourth-order valence-electron chi connectivity index (χ4n) is 2.96. The van der Waals surface area contributed by atoms with Gasteiger partial charge in [-0.25, -0.2) is 4.39 Å². The van der Waals surface area contributed by atoms with Crippen LogP contribution in [0.2, 0.25) is 0 Å². The molecule has 34 heavy (non-hydrogen) atoms. The molecule has 4 rings (SSSR count). The number of carbonyl (C=O) groups is 2. The third kappa shape index (κ3) is 6.18. The Labute approximate surface area is 194 Å². The normalized spacial score (nSPS) is 10.8. The highest BCUT2D eigenvalue weighted by Crippen LogP contribution is 2.17. The van der Waals surface area contributed by atoms with Gasteiger partial charge in [0.05, 0.1) is 10.5 Å². The van der Waals surface area contributed by atoms with E-state index in [0.717, 1.165) is 28.6 Å². The van der Waals surface area contributed by atoms with Gasteiger partial charge in [-0.1, -0.05) is 29.8 Å². The minimum atomic E-state index is -4.00. The number of nitrogens with two attached hydrogens (primary N) is 1. The van der Waals surface area contributed by atoms with Crippen LogP contribution in [0.15, 0.2) is 77.7 Å². The number of rotatable bonds is 3. The number of aromatic amines is 1. The zero-order valence-electron chi connectivity index (χ0n) is 17.9. The summed E-state index contributed by atoms with van der Waals surface area (Å²) in [7, 11) is -4.00. The number of aromatic nitrogens is 1. The molecule has 0 spiro atoms. The van der Waals surface area contributed by atoms with Gasteiger partial charge < -0.3 is 10.7 Å². The van der Waals surface area contributed by atoms with Crippen molar-refractivity contribution in [2.45, 2.75) is 11.8 Å². The second-order valence-electron chi connectivity index (χ2n) is 7.20. The lowest BCUT2D eigenvalue weighted by Crippen LogP contribution is -2.42. The van der Waals surface area contributed by atoms with Crippen molar-refractivity contribution < 1.29 is 27.0 Å². The maximum Gasteiger partial charge on any atom is 0.294 e. The number of amides is 2. The lowest BCUT2D eigenvalue weighted by molar-refractivity contribution is 0.0845. The summed E-state index contributed by atoms with van der Waals surface area (Å²) in [6.07, 6.45) is 0. The first-order valence-corrected chi connectivity index (χ1v) is 11.3. The average molecular weight is 485 g/mol. The summed E-state index contributed by atoms with van der Waals surface area (Å²) in [5, 5.41) is 0.897. The molecular weight excluding hydrogens is 463 g/mol. The first-order valence-electron chi connectivity index (χ1n) is 9.82. The van der Waals surface area contributed by atoms with Crippen LogP contribution in [0, 0.1) is 12.7 Å². The molecule has 6 N–H and O–H groups in total. The molecule has 176 valence electrons. The summed E-state index contributed by atoms with van der Waals surface area (Å²) in [5.74, 6) is -1.67. The van der Waals surface area contributed by atoms with E-state index >= 15 is 0 Å². The molecule has 2 amide bonds. The van der Waals surface area contributed by atoms with Crippen molar-refractivity contribution in [3.63, 3.8) is 0 Å². The zero-order valence-corrected chi connectivity index (χ0v) is 18.7. The number of H-pyrrole nitrogens is 1. The third-order valence-corrected chi connectivity index (χ3v) is 5.48. The lowest BCUT2D eigenvalue weighted by Gasteiger charge is -2.08. The molecule has 0 saturated heterocycles. The molecule has 0 bridgehead atoms. The Hall–Kier alpha value is -4.22. The van der Waals surface area contributed by atoms with Crippen molar-refractivity contribution in [3.8, 4) is 0 Å². The van der Waals surface area contributed by atoms with Gasteiger partial charge in [0.15, 0.2) is 0 Å². The first-order chi connectivity index (χ1) is 16.0. The van der Waals surface area contributed by atoms with E-state index in [-0.39, 0.29) is 16.1 Å². The van der Waals surface area contributed by atoms with Crippen LogP contribution in [-0.4, -0.2) is 29.8 Å². The predicted molar refractivity (Wildman–Crippen MR) is 125 cm³/mol. The van der Waals surface area contributed by atoms with E-state index in [0.29, 0.717) is 5.69 Å². The Morgan fingerprint density at radius 1 is 0.941 bits per heavy atom. The fourth-order valence-corrected chi connectivity index (χ4v) is 3.46. The lowest BCUT2D eigenvalue weighted by atomic mass is 10.1. The highest BCUT2D eigenvalue weighted by molar-refractivity contribution is 7.85. The molecule has 0 atom stereocenters. The molecule has 0 aliphatic rings. The molecule has 0 fully saturated rings. The van der Waals surface area contributed by atoms with Crippen LogP contribution in [0.5, 0.6) is 0 Å². The third-order valence-electron chi connectivity index (χ3n) is 4.61. The van der Waals surface area contributed by atoms with Crippen LogP contribution >= 0.6 is 0 Å². The van der Waals surface area contributed by atoms with Crippen molar-refractivity contribution in [3.05, 3.63) is 95.4 Å². The molecule has 11 heteroatoms. The van der Waals surface area contributed by atoms with Crippen molar-refractivity contribution >= 4 is 38.5 Å². The number of aryl methyl sites for hydroxylation is 1. The molecule has 0 aliphatic heterocycles. The van der Waals surface area contributed by atoms with E-state index in [4.69, 9.17) is 10.3 Å². The molecule has 0 saturated carbocycles. The van der Waals surface area contributed by atoms with Gasteiger partial charge in [-0.05, 0) is 55.5 Å². The highest BCUT2D eigenvalue weighted by Gasteiger charge is 2.14. The molecule has 0 unspecified atom stereocenters. The van der Waals surface area contributed by atoms with Gasteiger partial charge >= 0.3 is 0 Å². The monoisotopic (exact) mass is 484 g/mol. The molecular formula is C23H21FN4O5S. The van der Waals surface area contributed by atoms with E-state index in [1.54, 1.807) is 24.3 Å². The summed E-state index contributed by atoms with van der Waals surface area (Å²) in [5.41, 5.74) is 12.4. The first kappa shape index (κ1) is 24.4. The molecule has 1 aromatic heterocycles. The molecule has 4 aromatic rings. The quantitative estimate of drug-likeness (QED) is 0.171. The number of carbonyl (C=O) groups excluding carboxylic acids is 2. The SMILES string of the molecule is Cc1ccc2[nH]c(C(=O)NNC(=O)c3ccc(F)cc3N)cc2c1.O=S(=O)(O)c1ccccc1. The topological polar surface area (TPSA) is 154 Å². The Morgan fingerprint density at radius 2 is 1.62 bits per heavy atom. The van der Waals surface area contributed by atoms with Crippen LogP contribution < -0.4 is 16.6 Å². The Morgan fingerprint density at radius 3 is 2.24 bits per heavy atom. The van der Waals surface area contributed by atoms with Crippen LogP contribution in [0.1, 0.15) is 26.4 Å². The van der Waals surface area contributed by atoms with Gasteiger partial charge in [0.1, 0.15) is 11.5 Å². The standard InChI is InChI=1S/C17H15FN4O2.C6H6O3S/c1-9-2-5-14-10(6-9)7-15(20-14)17(24)22-21-16(23)12-4-3-11(18)8-13(12)19;7-10(8,9)6-4-2-1-3-5-6/h2-8,20H,19H2,1H3,(H,21,23)(H,22,24);1-5H,(H,7,8,9). The van der Waals surface area contributed by atoms with Crippen LogP contribution in [0.4, 0.5) is 10.1 Å². The van der Waals surface area contributed by atoms with Gasteiger partial charge in [0.2, 0.25) is 0 Å². The van der Waals surface area contributed by atoms with Gasteiger partial charge in [-0.3, -0.25) is 25.0 Å². The van der Waals surface area contributed by atoms with Crippen molar-refractivity contribution in [2.24, 2.45) is 0 Å². The average Bonchev–Trinajstić information content (AvgIpc) is 3.21. The van der Waals surface area contributed by atoms with Crippen molar-refractivity contribution in [1.82, 2.24) is 15.8 Å². The van der Waals surface area contributed by atoms with E-state index in [1.165, 1.54) is 18.2 Å². The summed E-state index contributed by atoms with van der Waals surface area (Å²) in [4.78, 5) is 27.0. The summed E-state index contributed by atoms with van der Waals surface area (Å²) >= 11 is 0. The van der Waals surface area contributed by atoms with Crippen molar-refractivity contribution in [2.75, 3.05) is 5.73 Å².